The second-order valence-corrected chi connectivity index (χ2v) is 5.61. The molecular formula is C13H20F3N5. The largest absolute Gasteiger partial charge is 0.433 e. The van der Waals surface area contributed by atoms with Crippen molar-refractivity contribution in [3.8, 4) is 0 Å². The van der Waals surface area contributed by atoms with E-state index in [-0.39, 0.29) is 17.8 Å². The minimum atomic E-state index is -4.52. The summed E-state index contributed by atoms with van der Waals surface area (Å²) < 4.78 is 38.6. The number of anilines is 2. The Hall–Kier alpha value is -1.57. The van der Waals surface area contributed by atoms with Gasteiger partial charge in [0.1, 0.15) is 5.82 Å². The predicted octanol–water partition coefficient (Wildman–Crippen LogP) is 2.80. The normalized spacial score (nSPS) is 23.0. The van der Waals surface area contributed by atoms with Gasteiger partial charge in [-0.3, -0.25) is 5.43 Å². The van der Waals surface area contributed by atoms with E-state index >= 15 is 0 Å². The zero-order valence-electron chi connectivity index (χ0n) is 12.1. The molecule has 1 aromatic rings. The lowest BCUT2D eigenvalue weighted by atomic mass is 9.86. The Kier molecular flexibility index (Phi) is 4.55. The Labute approximate surface area is 121 Å². The molecule has 2 atom stereocenters. The number of aromatic nitrogens is 2. The number of hydrazine groups is 1. The van der Waals surface area contributed by atoms with Gasteiger partial charge in [0.05, 0.1) is 0 Å². The van der Waals surface area contributed by atoms with Gasteiger partial charge in [0.15, 0.2) is 5.69 Å². The van der Waals surface area contributed by atoms with E-state index in [1.165, 1.54) is 0 Å². The molecule has 0 bridgehead atoms. The summed E-state index contributed by atoms with van der Waals surface area (Å²) in [4.78, 5) is 9.21. The smallest absolute Gasteiger partial charge is 0.357 e. The lowest BCUT2D eigenvalue weighted by Gasteiger charge is -2.35. The van der Waals surface area contributed by atoms with Crippen LogP contribution in [0.3, 0.4) is 0 Å². The monoisotopic (exact) mass is 303 g/mol. The third kappa shape index (κ3) is 3.75. The van der Waals surface area contributed by atoms with Crippen molar-refractivity contribution in [1.82, 2.24) is 9.97 Å². The first-order valence-electron chi connectivity index (χ1n) is 6.97. The summed E-state index contributed by atoms with van der Waals surface area (Å²) in [5, 5.41) is 0. The summed E-state index contributed by atoms with van der Waals surface area (Å²) in [6.07, 6.45) is -0.373. The van der Waals surface area contributed by atoms with Gasteiger partial charge < -0.3 is 4.90 Å². The average molecular weight is 303 g/mol. The molecule has 0 radical (unpaired) electrons. The second kappa shape index (κ2) is 6.05. The molecule has 118 valence electrons. The van der Waals surface area contributed by atoms with Crippen molar-refractivity contribution in [2.24, 2.45) is 11.8 Å². The third-order valence-electron chi connectivity index (χ3n) is 3.95. The van der Waals surface area contributed by atoms with E-state index in [1.54, 1.807) is 11.9 Å². The van der Waals surface area contributed by atoms with E-state index in [2.05, 4.69) is 22.3 Å². The molecule has 1 heterocycles. The molecule has 0 amide bonds. The molecular weight excluding hydrogens is 283 g/mol. The van der Waals surface area contributed by atoms with Gasteiger partial charge in [-0.15, -0.1) is 0 Å². The van der Waals surface area contributed by atoms with E-state index in [9.17, 15) is 13.2 Å². The van der Waals surface area contributed by atoms with Crippen LogP contribution in [-0.4, -0.2) is 23.1 Å². The highest BCUT2D eigenvalue weighted by molar-refractivity contribution is 5.45. The quantitative estimate of drug-likeness (QED) is 0.664. The lowest BCUT2D eigenvalue weighted by molar-refractivity contribution is -0.141. The van der Waals surface area contributed by atoms with Crippen LogP contribution in [0.4, 0.5) is 24.9 Å². The first-order chi connectivity index (χ1) is 9.81. The highest BCUT2D eigenvalue weighted by Crippen LogP contribution is 2.33. The predicted molar refractivity (Wildman–Crippen MR) is 74.7 cm³/mol. The van der Waals surface area contributed by atoms with Crippen LogP contribution >= 0.6 is 0 Å². The van der Waals surface area contributed by atoms with Gasteiger partial charge in [0.2, 0.25) is 5.95 Å². The molecule has 0 aliphatic heterocycles. The van der Waals surface area contributed by atoms with Crippen molar-refractivity contribution in [2.75, 3.05) is 17.4 Å². The summed E-state index contributed by atoms with van der Waals surface area (Å²) in [5.41, 5.74) is 1.11. The molecule has 0 saturated heterocycles. The molecule has 0 spiro atoms. The highest BCUT2D eigenvalue weighted by Gasteiger charge is 2.34. The second-order valence-electron chi connectivity index (χ2n) is 5.61. The summed E-state index contributed by atoms with van der Waals surface area (Å²) in [7, 11) is 1.77. The van der Waals surface area contributed by atoms with Crippen LogP contribution < -0.4 is 16.2 Å². The number of nitrogen functional groups attached to an aromatic ring is 1. The first kappa shape index (κ1) is 15.8. The van der Waals surface area contributed by atoms with Gasteiger partial charge in [-0.25, -0.2) is 10.8 Å². The summed E-state index contributed by atoms with van der Waals surface area (Å²) in [6.45, 7) is 2.16. The van der Waals surface area contributed by atoms with E-state index in [0.29, 0.717) is 5.92 Å². The number of alkyl halides is 3. The van der Waals surface area contributed by atoms with Crippen molar-refractivity contribution in [2.45, 2.75) is 44.8 Å². The van der Waals surface area contributed by atoms with Gasteiger partial charge in [-0.2, -0.15) is 18.2 Å². The van der Waals surface area contributed by atoms with Crippen LogP contribution in [0.1, 0.15) is 38.3 Å². The van der Waals surface area contributed by atoms with Crippen molar-refractivity contribution in [3.63, 3.8) is 0 Å². The van der Waals surface area contributed by atoms with Gasteiger partial charge in [-0.05, 0) is 18.8 Å². The Morgan fingerprint density at radius 3 is 2.62 bits per heavy atom. The Morgan fingerprint density at radius 1 is 1.33 bits per heavy atom. The first-order valence-corrected chi connectivity index (χ1v) is 6.97. The molecule has 1 saturated carbocycles. The topological polar surface area (TPSA) is 67.1 Å². The maximum atomic E-state index is 12.9. The summed E-state index contributed by atoms with van der Waals surface area (Å²) in [6, 6.07) is 1.16. The Bertz CT molecular complexity index is 491. The van der Waals surface area contributed by atoms with E-state index in [0.717, 1.165) is 31.7 Å². The molecule has 1 aliphatic rings. The highest BCUT2D eigenvalue weighted by atomic mass is 19.4. The zero-order valence-corrected chi connectivity index (χ0v) is 12.1. The number of nitrogens with one attached hydrogen (secondary N) is 1. The fraction of sp³-hybridized carbons (Fsp3) is 0.692. The minimum absolute atomic E-state index is 0.190. The van der Waals surface area contributed by atoms with Crippen molar-refractivity contribution in [3.05, 3.63) is 11.8 Å². The SMILES string of the molecule is CC1CCCC(N(C)c2cc(C(F)(F)F)nc(NN)n2)C1. The van der Waals surface area contributed by atoms with Crippen LogP contribution in [0.5, 0.6) is 0 Å². The molecule has 2 rings (SSSR count). The van der Waals surface area contributed by atoms with Crippen molar-refractivity contribution >= 4 is 11.8 Å². The Morgan fingerprint density at radius 2 is 2.05 bits per heavy atom. The number of halogens is 3. The van der Waals surface area contributed by atoms with Crippen LogP contribution in [0.25, 0.3) is 0 Å². The number of nitrogens with zero attached hydrogens (tertiary/aromatic N) is 3. The molecule has 1 fully saturated rings. The standard InChI is InChI=1S/C13H20F3N5/c1-8-4-3-5-9(6-8)21(2)11-7-10(13(14,15)16)18-12(19-11)20-17/h7-9H,3-6,17H2,1-2H3,(H,18,19,20). The van der Waals surface area contributed by atoms with E-state index in [4.69, 9.17) is 5.84 Å². The number of rotatable bonds is 3. The van der Waals surface area contributed by atoms with Gasteiger partial charge in [-0.1, -0.05) is 19.8 Å². The van der Waals surface area contributed by atoms with Crippen LogP contribution in [0, 0.1) is 5.92 Å². The van der Waals surface area contributed by atoms with E-state index < -0.39 is 11.9 Å². The average Bonchev–Trinajstić information content (AvgIpc) is 2.45. The maximum absolute atomic E-state index is 12.9. The van der Waals surface area contributed by atoms with Gasteiger partial charge in [0.25, 0.3) is 0 Å². The van der Waals surface area contributed by atoms with Crippen molar-refractivity contribution < 1.29 is 13.2 Å². The molecule has 1 aliphatic carbocycles. The number of hydrogen-bond donors (Lipinski definition) is 2. The summed E-state index contributed by atoms with van der Waals surface area (Å²) in [5.74, 6) is 5.76. The number of hydrogen-bond acceptors (Lipinski definition) is 5. The molecule has 0 aromatic carbocycles. The van der Waals surface area contributed by atoms with E-state index in [1.807, 2.05) is 0 Å². The number of nitrogens with two attached hydrogens (primary N) is 1. The maximum Gasteiger partial charge on any atom is 0.433 e. The van der Waals surface area contributed by atoms with Gasteiger partial charge in [0, 0.05) is 19.2 Å². The molecule has 1 aromatic heterocycles. The third-order valence-corrected chi connectivity index (χ3v) is 3.95. The minimum Gasteiger partial charge on any atom is -0.357 e. The fourth-order valence-electron chi connectivity index (χ4n) is 2.77. The van der Waals surface area contributed by atoms with Crippen LogP contribution in [-0.2, 0) is 6.18 Å². The lowest BCUT2D eigenvalue weighted by Crippen LogP contribution is -2.36. The fourth-order valence-corrected chi connectivity index (χ4v) is 2.77. The zero-order chi connectivity index (χ0) is 15.6. The molecule has 8 heteroatoms. The molecule has 21 heavy (non-hydrogen) atoms. The summed E-state index contributed by atoms with van der Waals surface area (Å²) >= 11 is 0. The molecule has 5 nitrogen and oxygen atoms in total. The molecule has 3 N–H and O–H groups in total. The van der Waals surface area contributed by atoms with Crippen LogP contribution in [0.2, 0.25) is 0 Å². The van der Waals surface area contributed by atoms with Gasteiger partial charge >= 0.3 is 6.18 Å². The Balaban J connectivity index is 2.29. The molecule has 2 unspecified atom stereocenters. The van der Waals surface area contributed by atoms with Crippen LogP contribution in [0.15, 0.2) is 6.07 Å². The van der Waals surface area contributed by atoms with Crippen molar-refractivity contribution in [1.29, 1.82) is 0 Å².